The third-order valence-corrected chi connectivity index (χ3v) is 5.55. The van der Waals surface area contributed by atoms with Crippen molar-refractivity contribution in [3.05, 3.63) is 29.0 Å². The van der Waals surface area contributed by atoms with Crippen LogP contribution in [0.3, 0.4) is 0 Å². The minimum Gasteiger partial charge on any atom is -0.211 e. The summed E-state index contributed by atoms with van der Waals surface area (Å²) in [6.45, 7) is 0.427. The summed E-state index contributed by atoms with van der Waals surface area (Å²) < 4.78 is 39.2. The highest BCUT2D eigenvalue weighted by Crippen LogP contribution is 2.27. The van der Waals surface area contributed by atoms with E-state index in [-0.39, 0.29) is 29.0 Å². The average Bonchev–Trinajstić information content (AvgIpc) is 2.42. The fourth-order valence-electron chi connectivity index (χ4n) is 2.10. The van der Waals surface area contributed by atoms with E-state index >= 15 is 0 Å². The smallest absolute Gasteiger partial charge is 0.211 e. The van der Waals surface area contributed by atoms with Gasteiger partial charge < -0.3 is 0 Å². The molecule has 0 spiro atoms. The number of benzene rings is 1. The second-order valence-corrected chi connectivity index (χ2v) is 6.74. The molecule has 1 aromatic rings. The number of hydrogen-bond donors (Lipinski definition) is 0. The van der Waals surface area contributed by atoms with Gasteiger partial charge in [-0.3, -0.25) is 0 Å². The number of hydrogen-bond acceptors (Lipinski definition) is 4. The van der Waals surface area contributed by atoms with E-state index in [4.69, 9.17) is 11.6 Å². The number of carbonyl (C=O) groups excluding carboxylic acids is 1. The molecular weight excluding hydrogens is 307 g/mol. The number of halogens is 2. The van der Waals surface area contributed by atoms with Crippen molar-refractivity contribution in [3.63, 3.8) is 0 Å². The number of rotatable bonds is 3. The van der Waals surface area contributed by atoms with Crippen LogP contribution in [0, 0.1) is 5.82 Å². The van der Waals surface area contributed by atoms with Gasteiger partial charge in [0.05, 0.1) is 11.1 Å². The van der Waals surface area contributed by atoms with Crippen molar-refractivity contribution in [2.24, 2.45) is 4.99 Å². The van der Waals surface area contributed by atoms with Gasteiger partial charge in [0.25, 0.3) is 0 Å². The van der Waals surface area contributed by atoms with Crippen molar-refractivity contribution in [1.29, 1.82) is 0 Å². The van der Waals surface area contributed by atoms with E-state index in [1.165, 1.54) is 16.5 Å². The van der Waals surface area contributed by atoms with Crippen LogP contribution >= 0.6 is 11.6 Å². The van der Waals surface area contributed by atoms with Crippen LogP contribution in [0.25, 0.3) is 0 Å². The van der Waals surface area contributed by atoms with Crippen molar-refractivity contribution in [3.8, 4) is 0 Å². The highest BCUT2D eigenvalue weighted by atomic mass is 35.5. The first-order valence-electron chi connectivity index (χ1n) is 5.97. The Labute approximate surface area is 121 Å². The lowest BCUT2D eigenvalue weighted by Crippen LogP contribution is -2.39. The van der Waals surface area contributed by atoms with Gasteiger partial charge in [-0.25, -0.2) is 22.6 Å². The molecule has 1 fully saturated rings. The number of piperidine rings is 1. The zero-order valence-electron chi connectivity index (χ0n) is 10.4. The Balaban J connectivity index is 2.24. The van der Waals surface area contributed by atoms with Crippen LogP contribution in [0.15, 0.2) is 28.1 Å². The Bertz CT molecular complexity index is 651. The van der Waals surface area contributed by atoms with Gasteiger partial charge >= 0.3 is 0 Å². The molecule has 1 heterocycles. The highest BCUT2D eigenvalue weighted by molar-refractivity contribution is 7.89. The third-order valence-electron chi connectivity index (χ3n) is 3.17. The molecule has 5 nitrogen and oxygen atoms in total. The van der Waals surface area contributed by atoms with Gasteiger partial charge in [-0.05, 0) is 31.0 Å². The van der Waals surface area contributed by atoms with Crippen molar-refractivity contribution < 1.29 is 17.6 Å². The summed E-state index contributed by atoms with van der Waals surface area (Å²) in [5.74, 6) is -0.659. The van der Waals surface area contributed by atoms with Crippen LogP contribution in [-0.2, 0) is 14.8 Å². The topological polar surface area (TPSA) is 66.8 Å². The quantitative estimate of drug-likeness (QED) is 0.632. The van der Waals surface area contributed by atoms with E-state index in [9.17, 15) is 17.6 Å². The zero-order chi connectivity index (χ0) is 14.8. The van der Waals surface area contributed by atoms with Crippen LogP contribution < -0.4 is 0 Å². The minimum atomic E-state index is -3.83. The zero-order valence-corrected chi connectivity index (χ0v) is 12.0. The lowest BCUT2D eigenvalue weighted by molar-refractivity contribution is 0.320. The molecule has 0 atom stereocenters. The maximum atomic E-state index is 13.2. The van der Waals surface area contributed by atoms with Gasteiger partial charge in [-0.2, -0.15) is 4.31 Å². The molecule has 0 amide bonds. The molecule has 8 heteroatoms. The van der Waals surface area contributed by atoms with Gasteiger partial charge in [0.1, 0.15) is 10.7 Å². The maximum absolute atomic E-state index is 13.2. The number of aliphatic imine (C=N–C) groups is 1. The van der Waals surface area contributed by atoms with Gasteiger partial charge in [-0.15, -0.1) is 0 Å². The molecule has 0 bridgehead atoms. The van der Waals surface area contributed by atoms with Gasteiger partial charge in [0.2, 0.25) is 16.1 Å². The van der Waals surface area contributed by atoms with Crippen molar-refractivity contribution in [2.75, 3.05) is 13.1 Å². The van der Waals surface area contributed by atoms with E-state index < -0.39 is 15.8 Å². The van der Waals surface area contributed by atoms with Crippen LogP contribution in [0.2, 0.25) is 5.02 Å². The summed E-state index contributed by atoms with van der Waals surface area (Å²) in [7, 11) is -3.83. The predicted octanol–water partition coefficient (Wildman–Crippen LogP) is 1.97. The molecule has 1 aromatic carbocycles. The summed E-state index contributed by atoms with van der Waals surface area (Å²) in [6.07, 6.45) is 2.34. The van der Waals surface area contributed by atoms with Gasteiger partial charge in [-0.1, -0.05) is 11.6 Å². The minimum absolute atomic E-state index is 0.0144. The van der Waals surface area contributed by atoms with Crippen molar-refractivity contribution in [1.82, 2.24) is 4.31 Å². The molecule has 0 saturated carbocycles. The molecule has 0 aliphatic carbocycles. The first kappa shape index (κ1) is 15.1. The van der Waals surface area contributed by atoms with Crippen molar-refractivity contribution in [2.45, 2.75) is 23.8 Å². The Morgan fingerprint density at radius 1 is 1.35 bits per heavy atom. The Kier molecular flexibility index (Phi) is 4.55. The summed E-state index contributed by atoms with van der Waals surface area (Å²) in [6, 6.07) is 3.02. The van der Waals surface area contributed by atoms with Gasteiger partial charge in [0, 0.05) is 13.1 Å². The van der Waals surface area contributed by atoms with E-state index in [0.29, 0.717) is 12.8 Å². The SMILES string of the molecule is O=C=NC1CCN(S(=O)(=O)c2cc(F)ccc2Cl)CC1. The lowest BCUT2D eigenvalue weighted by atomic mass is 10.1. The number of nitrogens with zero attached hydrogens (tertiary/aromatic N) is 2. The Hall–Kier alpha value is -1.27. The summed E-state index contributed by atoms with van der Waals surface area (Å²) in [5.41, 5.74) is 0. The first-order chi connectivity index (χ1) is 9.45. The van der Waals surface area contributed by atoms with Gasteiger partial charge in [0.15, 0.2) is 0 Å². The second kappa shape index (κ2) is 6.01. The standard InChI is InChI=1S/C12H12ClFN2O3S/c13-11-2-1-9(14)7-12(11)20(18,19)16-5-3-10(4-6-16)15-8-17/h1-2,7,10H,3-6H2. The second-order valence-electron chi connectivity index (χ2n) is 4.43. The molecule has 0 unspecified atom stereocenters. The maximum Gasteiger partial charge on any atom is 0.244 e. The molecule has 0 N–H and O–H groups in total. The first-order valence-corrected chi connectivity index (χ1v) is 7.79. The van der Waals surface area contributed by atoms with Crippen LogP contribution in [0.4, 0.5) is 4.39 Å². The van der Waals surface area contributed by atoms with E-state index in [0.717, 1.165) is 12.1 Å². The highest BCUT2D eigenvalue weighted by Gasteiger charge is 2.31. The molecule has 1 aliphatic heterocycles. The van der Waals surface area contributed by atoms with Crippen LogP contribution in [0.5, 0.6) is 0 Å². The molecule has 108 valence electrons. The van der Waals surface area contributed by atoms with E-state index in [1.807, 2.05) is 0 Å². The largest absolute Gasteiger partial charge is 0.244 e. The van der Waals surface area contributed by atoms with Crippen LogP contribution in [0.1, 0.15) is 12.8 Å². The molecule has 0 aromatic heterocycles. The predicted molar refractivity (Wildman–Crippen MR) is 71.3 cm³/mol. The molecule has 1 saturated heterocycles. The fourth-order valence-corrected chi connectivity index (χ4v) is 4.06. The van der Waals surface area contributed by atoms with Crippen LogP contribution in [-0.4, -0.2) is 37.9 Å². The summed E-state index contributed by atoms with van der Waals surface area (Å²) in [4.78, 5) is 13.5. The lowest BCUT2D eigenvalue weighted by Gasteiger charge is -2.29. The normalized spacial score (nSPS) is 17.7. The monoisotopic (exact) mass is 318 g/mol. The molecule has 1 aliphatic rings. The number of sulfonamides is 1. The fraction of sp³-hybridized carbons (Fsp3) is 0.417. The molecular formula is C12H12ClFN2O3S. The van der Waals surface area contributed by atoms with E-state index in [1.54, 1.807) is 0 Å². The Morgan fingerprint density at radius 2 is 2.00 bits per heavy atom. The molecule has 20 heavy (non-hydrogen) atoms. The average molecular weight is 319 g/mol. The number of isocyanates is 1. The molecule has 2 rings (SSSR count). The summed E-state index contributed by atoms with van der Waals surface area (Å²) >= 11 is 5.84. The van der Waals surface area contributed by atoms with Crippen molar-refractivity contribution >= 4 is 27.7 Å². The van der Waals surface area contributed by atoms with E-state index in [2.05, 4.69) is 4.99 Å². The Morgan fingerprint density at radius 3 is 2.60 bits per heavy atom. The molecule has 0 radical (unpaired) electrons. The third kappa shape index (κ3) is 3.07. The summed E-state index contributed by atoms with van der Waals surface area (Å²) in [5, 5.41) is -0.0144.